The Morgan fingerprint density at radius 2 is 1.68 bits per heavy atom. The van der Waals surface area contributed by atoms with Gasteiger partial charge in [0.05, 0.1) is 11.2 Å². The van der Waals surface area contributed by atoms with Crippen molar-refractivity contribution in [1.29, 1.82) is 0 Å². The number of piperidine rings is 1. The highest BCUT2D eigenvalue weighted by molar-refractivity contribution is 6.34. The van der Waals surface area contributed by atoms with Gasteiger partial charge in [0.2, 0.25) is 0 Å². The minimum atomic E-state index is 0.722. The number of hydrogen-bond acceptors (Lipinski definition) is 5. The van der Waals surface area contributed by atoms with Crippen LogP contribution in [0.3, 0.4) is 0 Å². The maximum Gasteiger partial charge on any atom is 0.181 e. The minimum Gasteiger partial charge on any atom is -0.368 e. The SMILES string of the molecule is Clc1ccccc1-c1c(N2CCCCC2)c(-n2cnnn2)nc2ccccc12. The summed E-state index contributed by atoms with van der Waals surface area (Å²) in [6.07, 6.45) is 5.16. The smallest absolute Gasteiger partial charge is 0.181 e. The first-order chi connectivity index (χ1) is 13.8. The monoisotopic (exact) mass is 390 g/mol. The van der Waals surface area contributed by atoms with Crippen molar-refractivity contribution >= 4 is 28.2 Å². The van der Waals surface area contributed by atoms with E-state index in [4.69, 9.17) is 16.6 Å². The summed E-state index contributed by atoms with van der Waals surface area (Å²) in [5.74, 6) is 0.737. The van der Waals surface area contributed by atoms with E-state index in [1.165, 1.54) is 6.42 Å². The molecule has 0 unspecified atom stereocenters. The van der Waals surface area contributed by atoms with Gasteiger partial charge in [-0.3, -0.25) is 0 Å². The van der Waals surface area contributed by atoms with E-state index in [1.54, 1.807) is 11.0 Å². The topological polar surface area (TPSA) is 59.7 Å². The number of pyridine rings is 1. The molecule has 5 rings (SSSR count). The number of para-hydroxylation sites is 1. The lowest BCUT2D eigenvalue weighted by Crippen LogP contribution is -2.31. The lowest BCUT2D eigenvalue weighted by molar-refractivity contribution is 0.576. The van der Waals surface area contributed by atoms with Crippen LogP contribution in [-0.4, -0.2) is 38.3 Å². The third kappa shape index (κ3) is 2.90. The molecular formula is C21H19ClN6. The van der Waals surface area contributed by atoms with E-state index >= 15 is 0 Å². The molecule has 2 aromatic heterocycles. The van der Waals surface area contributed by atoms with Crippen molar-refractivity contribution in [3.63, 3.8) is 0 Å². The Labute approximate surface area is 167 Å². The molecule has 1 aliphatic heterocycles. The fraction of sp³-hybridized carbons (Fsp3) is 0.238. The third-order valence-corrected chi connectivity index (χ3v) is 5.56. The first-order valence-corrected chi connectivity index (χ1v) is 9.86. The second-order valence-corrected chi connectivity index (χ2v) is 7.37. The van der Waals surface area contributed by atoms with Crippen LogP contribution in [-0.2, 0) is 0 Å². The highest BCUT2D eigenvalue weighted by atomic mass is 35.5. The van der Waals surface area contributed by atoms with Gasteiger partial charge in [-0.25, -0.2) is 4.98 Å². The van der Waals surface area contributed by atoms with Crippen LogP contribution in [0.25, 0.3) is 27.8 Å². The van der Waals surface area contributed by atoms with E-state index in [-0.39, 0.29) is 0 Å². The van der Waals surface area contributed by atoms with E-state index in [1.807, 2.05) is 36.4 Å². The number of hydrogen-bond donors (Lipinski definition) is 0. The van der Waals surface area contributed by atoms with Gasteiger partial charge in [0.25, 0.3) is 0 Å². The maximum atomic E-state index is 6.66. The molecule has 3 heterocycles. The van der Waals surface area contributed by atoms with Crippen molar-refractivity contribution in [1.82, 2.24) is 25.2 Å². The van der Waals surface area contributed by atoms with E-state index in [0.717, 1.165) is 64.5 Å². The second-order valence-electron chi connectivity index (χ2n) is 6.96. The van der Waals surface area contributed by atoms with Gasteiger partial charge in [0, 0.05) is 34.6 Å². The third-order valence-electron chi connectivity index (χ3n) is 5.23. The average Bonchev–Trinajstić information content (AvgIpc) is 3.28. The van der Waals surface area contributed by atoms with Crippen molar-refractivity contribution in [3.05, 3.63) is 59.9 Å². The summed E-state index contributed by atoms with van der Waals surface area (Å²) >= 11 is 6.66. The van der Waals surface area contributed by atoms with Gasteiger partial charge < -0.3 is 4.90 Å². The molecule has 0 bridgehead atoms. The van der Waals surface area contributed by atoms with Crippen LogP contribution in [0.1, 0.15) is 19.3 Å². The number of tetrazole rings is 1. The van der Waals surface area contributed by atoms with Gasteiger partial charge in [-0.05, 0) is 41.8 Å². The van der Waals surface area contributed by atoms with Crippen molar-refractivity contribution in [3.8, 4) is 16.9 Å². The zero-order chi connectivity index (χ0) is 18.9. The minimum absolute atomic E-state index is 0.722. The Bertz CT molecular complexity index is 1120. The number of aromatic nitrogens is 5. The van der Waals surface area contributed by atoms with Crippen LogP contribution in [0.15, 0.2) is 54.9 Å². The summed E-state index contributed by atoms with van der Waals surface area (Å²) in [5.41, 5.74) is 4.02. The quantitative estimate of drug-likeness (QED) is 0.514. The molecule has 0 atom stereocenters. The Morgan fingerprint density at radius 3 is 2.46 bits per heavy atom. The molecule has 6 nitrogen and oxygen atoms in total. The molecule has 1 aliphatic rings. The molecule has 1 saturated heterocycles. The van der Waals surface area contributed by atoms with Gasteiger partial charge in [-0.1, -0.05) is 48.0 Å². The van der Waals surface area contributed by atoms with Crippen LogP contribution < -0.4 is 4.90 Å². The van der Waals surface area contributed by atoms with Crippen LogP contribution in [0.4, 0.5) is 5.69 Å². The fourth-order valence-corrected chi connectivity index (χ4v) is 4.19. The summed E-state index contributed by atoms with van der Waals surface area (Å²) in [5, 5.41) is 13.6. The van der Waals surface area contributed by atoms with Crippen LogP contribution in [0.2, 0.25) is 5.02 Å². The first-order valence-electron chi connectivity index (χ1n) is 9.49. The standard InChI is InChI=1S/C21H19ClN6/c22-17-10-4-2-8-15(17)19-16-9-3-5-11-18(16)24-21(28-14-23-25-26-28)20(19)27-12-6-1-7-13-27/h2-5,8-11,14H,1,6-7,12-13H2. The van der Waals surface area contributed by atoms with E-state index < -0.39 is 0 Å². The summed E-state index contributed by atoms with van der Waals surface area (Å²) in [4.78, 5) is 7.35. The Kier molecular flexibility index (Phi) is 4.41. The van der Waals surface area contributed by atoms with Crippen molar-refractivity contribution < 1.29 is 0 Å². The van der Waals surface area contributed by atoms with Gasteiger partial charge in [-0.2, -0.15) is 4.68 Å². The summed E-state index contributed by atoms with van der Waals surface area (Å²) in [6, 6.07) is 16.1. The predicted molar refractivity (Wildman–Crippen MR) is 111 cm³/mol. The van der Waals surface area contributed by atoms with Crippen molar-refractivity contribution in [2.24, 2.45) is 0 Å². The first kappa shape index (κ1) is 17.1. The lowest BCUT2D eigenvalue weighted by atomic mass is 9.97. The summed E-state index contributed by atoms with van der Waals surface area (Å²) in [7, 11) is 0. The van der Waals surface area contributed by atoms with E-state index in [0.29, 0.717) is 0 Å². The highest BCUT2D eigenvalue weighted by Gasteiger charge is 2.25. The number of halogens is 1. The Balaban J connectivity index is 1.90. The van der Waals surface area contributed by atoms with Crippen LogP contribution >= 0.6 is 11.6 Å². The molecule has 7 heteroatoms. The number of nitrogens with zero attached hydrogens (tertiary/aromatic N) is 6. The highest BCUT2D eigenvalue weighted by Crippen LogP contribution is 2.43. The number of fused-ring (bicyclic) bond motifs is 1. The molecule has 2 aromatic carbocycles. The molecular weight excluding hydrogens is 372 g/mol. The van der Waals surface area contributed by atoms with Crippen LogP contribution in [0.5, 0.6) is 0 Å². The molecule has 28 heavy (non-hydrogen) atoms. The van der Waals surface area contributed by atoms with Gasteiger partial charge in [0.15, 0.2) is 5.82 Å². The number of benzene rings is 2. The Hall–Kier alpha value is -2.99. The lowest BCUT2D eigenvalue weighted by Gasteiger charge is -2.32. The fourth-order valence-electron chi connectivity index (χ4n) is 3.96. The molecule has 0 radical (unpaired) electrons. The van der Waals surface area contributed by atoms with E-state index in [9.17, 15) is 0 Å². The molecule has 0 N–H and O–H groups in total. The molecule has 1 fully saturated rings. The van der Waals surface area contributed by atoms with Crippen molar-refractivity contribution in [2.75, 3.05) is 18.0 Å². The molecule has 0 spiro atoms. The zero-order valence-corrected chi connectivity index (χ0v) is 16.0. The van der Waals surface area contributed by atoms with Gasteiger partial charge in [-0.15, -0.1) is 5.10 Å². The number of anilines is 1. The molecule has 0 saturated carbocycles. The average molecular weight is 391 g/mol. The second kappa shape index (κ2) is 7.20. The Morgan fingerprint density at radius 1 is 0.893 bits per heavy atom. The van der Waals surface area contributed by atoms with Crippen molar-refractivity contribution in [2.45, 2.75) is 19.3 Å². The van der Waals surface area contributed by atoms with E-state index in [2.05, 4.69) is 32.6 Å². The molecule has 0 aliphatic carbocycles. The van der Waals surface area contributed by atoms with Gasteiger partial charge >= 0.3 is 0 Å². The summed E-state index contributed by atoms with van der Waals surface area (Å²) in [6.45, 7) is 1.96. The van der Waals surface area contributed by atoms with Crippen LogP contribution in [0, 0.1) is 0 Å². The zero-order valence-electron chi connectivity index (χ0n) is 15.3. The van der Waals surface area contributed by atoms with Gasteiger partial charge in [0.1, 0.15) is 6.33 Å². The molecule has 4 aromatic rings. The molecule has 0 amide bonds. The predicted octanol–water partition coefficient (Wildman–Crippen LogP) is 4.52. The molecule has 140 valence electrons. The normalized spacial score (nSPS) is 14.5. The maximum absolute atomic E-state index is 6.66. The summed E-state index contributed by atoms with van der Waals surface area (Å²) < 4.78 is 1.65. The number of rotatable bonds is 3. The largest absolute Gasteiger partial charge is 0.368 e.